The molecule has 26 heavy (non-hydrogen) atoms. The fraction of sp³-hybridized carbons (Fsp3) is 0.550. The summed E-state index contributed by atoms with van der Waals surface area (Å²) in [5.41, 5.74) is 4.76. The van der Waals surface area contributed by atoms with Gasteiger partial charge in [-0.15, -0.1) is 0 Å². The topological polar surface area (TPSA) is 63.1 Å². The minimum absolute atomic E-state index is 0.114. The van der Waals surface area contributed by atoms with E-state index in [1.165, 1.54) is 11.3 Å². The minimum Gasteiger partial charge on any atom is -0.338 e. The third kappa shape index (κ3) is 3.65. The molecule has 140 valence electrons. The Kier molecular flexibility index (Phi) is 5.71. The van der Waals surface area contributed by atoms with E-state index in [9.17, 15) is 4.79 Å². The SMILES string of the molecule is CCCn1nc(C)c(CNC[C@@H]2CC(=O)N(C)[C@H]2c2ccncc2)c1C. The first kappa shape index (κ1) is 18.6. The lowest BCUT2D eigenvalue weighted by Crippen LogP contribution is -2.29. The summed E-state index contributed by atoms with van der Waals surface area (Å²) in [5.74, 6) is 0.475. The summed E-state index contributed by atoms with van der Waals surface area (Å²) in [6.45, 7) is 8.93. The van der Waals surface area contributed by atoms with Gasteiger partial charge in [-0.2, -0.15) is 5.10 Å². The number of amides is 1. The molecule has 2 aromatic heterocycles. The molecule has 0 saturated carbocycles. The lowest BCUT2D eigenvalue weighted by Gasteiger charge is -2.25. The molecule has 0 unspecified atom stereocenters. The normalized spacial score (nSPS) is 20.2. The van der Waals surface area contributed by atoms with Gasteiger partial charge >= 0.3 is 0 Å². The van der Waals surface area contributed by atoms with E-state index in [1.807, 2.05) is 24.1 Å². The van der Waals surface area contributed by atoms with Crippen molar-refractivity contribution < 1.29 is 4.79 Å². The Bertz CT molecular complexity index is 755. The van der Waals surface area contributed by atoms with Crippen molar-refractivity contribution in [3.05, 3.63) is 47.0 Å². The highest BCUT2D eigenvalue weighted by Crippen LogP contribution is 2.36. The van der Waals surface area contributed by atoms with E-state index in [1.54, 1.807) is 12.4 Å². The Morgan fingerprint density at radius 3 is 2.69 bits per heavy atom. The highest BCUT2D eigenvalue weighted by Gasteiger charge is 2.38. The molecule has 6 nitrogen and oxygen atoms in total. The van der Waals surface area contributed by atoms with E-state index in [2.05, 4.69) is 40.9 Å². The van der Waals surface area contributed by atoms with Gasteiger partial charge in [0.1, 0.15) is 0 Å². The van der Waals surface area contributed by atoms with Crippen LogP contribution in [0.15, 0.2) is 24.5 Å². The van der Waals surface area contributed by atoms with Crippen LogP contribution < -0.4 is 5.32 Å². The van der Waals surface area contributed by atoms with Gasteiger partial charge in [-0.05, 0) is 38.0 Å². The first-order chi connectivity index (χ1) is 12.5. The Morgan fingerprint density at radius 2 is 2.00 bits per heavy atom. The first-order valence-corrected chi connectivity index (χ1v) is 9.42. The van der Waals surface area contributed by atoms with E-state index >= 15 is 0 Å². The number of likely N-dealkylation sites (tertiary alicyclic amines) is 1. The van der Waals surface area contributed by atoms with Gasteiger partial charge in [0.2, 0.25) is 5.91 Å². The van der Waals surface area contributed by atoms with Gasteiger partial charge in [-0.3, -0.25) is 14.5 Å². The van der Waals surface area contributed by atoms with Crippen molar-refractivity contribution in [2.75, 3.05) is 13.6 Å². The number of carbonyl (C=O) groups excluding carboxylic acids is 1. The summed E-state index contributed by atoms with van der Waals surface area (Å²) in [6.07, 6.45) is 5.26. The van der Waals surface area contributed by atoms with Crippen LogP contribution in [0.5, 0.6) is 0 Å². The van der Waals surface area contributed by atoms with Crippen LogP contribution in [-0.4, -0.2) is 39.2 Å². The van der Waals surface area contributed by atoms with Crippen LogP contribution in [0.4, 0.5) is 0 Å². The van der Waals surface area contributed by atoms with Crippen molar-refractivity contribution in [2.24, 2.45) is 5.92 Å². The summed E-state index contributed by atoms with van der Waals surface area (Å²) in [4.78, 5) is 18.2. The number of rotatable bonds is 7. The van der Waals surface area contributed by atoms with Crippen molar-refractivity contribution >= 4 is 5.91 Å². The van der Waals surface area contributed by atoms with Crippen molar-refractivity contribution in [1.82, 2.24) is 25.0 Å². The molecule has 1 amide bonds. The molecule has 1 aliphatic heterocycles. The fourth-order valence-corrected chi connectivity index (χ4v) is 3.99. The van der Waals surface area contributed by atoms with Crippen LogP contribution in [-0.2, 0) is 17.9 Å². The molecule has 1 aliphatic rings. The molecule has 0 aromatic carbocycles. The van der Waals surface area contributed by atoms with Crippen LogP contribution in [0.2, 0.25) is 0 Å². The number of aromatic nitrogens is 3. The predicted octanol–water partition coefficient (Wildman–Crippen LogP) is 2.61. The molecule has 1 N–H and O–H groups in total. The van der Waals surface area contributed by atoms with Gasteiger partial charge in [0.15, 0.2) is 0 Å². The largest absolute Gasteiger partial charge is 0.338 e. The third-order valence-electron chi connectivity index (χ3n) is 5.42. The Hall–Kier alpha value is -2.21. The second-order valence-electron chi connectivity index (χ2n) is 7.20. The first-order valence-electron chi connectivity index (χ1n) is 9.42. The Labute approximate surface area is 155 Å². The smallest absolute Gasteiger partial charge is 0.223 e. The average Bonchev–Trinajstić information content (AvgIpc) is 3.06. The number of nitrogens with one attached hydrogen (secondary N) is 1. The maximum Gasteiger partial charge on any atom is 0.223 e. The second-order valence-corrected chi connectivity index (χ2v) is 7.20. The van der Waals surface area contributed by atoms with Gasteiger partial charge in [-0.1, -0.05) is 6.92 Å². The molecule has 6 heteroatoms. The zero-order valence-corrected chi connectivity index (χ0v) is 16.2. The number of pyridine rings is 1. The summed E-state index contributed by atoms with van der Waals surface area (Å²) in [7, 11) is 1.90. The molecule has 2 aromatic rings. The molecule has 2 atom stereocenters. The van der Waals surface area contributed by atoms with Crippen molar-refractivity contribution in [2.45, 2.75) is 52.7 Å². The highest BCUT2D eigenvalue weighted by molar-refractivity contribution is 5.79. The van der Waals surface area contributed by atoms with Crippen LogP contribution in [0, 0.1) is 19.8 Å². The van der Waals surface area contributed by atoms with E-state index in [-0.39, 0.29) is 17.9 Å². The van der Waals surface area contributed by atoms with Crippen molar-refractivity contribution in [3.63, 3.8) is 0 Å². The van der Waals surface area contributed by atoms with Crippen LogP contribution in [0.1, 0.15) is 48.3 Å². The summed E-state index contributed by atoms with van der Waals surface area (Å²) >= 11 is 0. The fourth-order valence-electron chi connectivity index (χ4n) is 3.99. The third-order valence-corrected chi connectivity index (χ3v) is 5.42. The standard InChI is InChI=1S/C20H29N5O/c1-5-10-25-15(3)18(14(2)23-25)13-22-12-17-11-19(26)24(4)20(17)16-6-8-21-9-7-16/h6-9,17,20,22H,5,10-13H2,1-4H3/t17-,20-/m0/s1. The quantitative estimate of drug-likeness (QED) is 0.829. The van der Waals surface area contributed by atoms with Gasteiger partial charge in [0.05, 0.1) is 11.7 Å². The van der Waals surface area contributed by atoms with Gasteiger partial charge in [-0.25, -0.2) is 0 Å². The molecule has 1 saturated heterocycles. The van der Waals surface area contributed by atoms with E-state index in [0.717, 1.165) is 37.3 Å². The molecule has 1 fully saturated rings. The summed E-state index contributed by atoms with van der Waals surface area (Å²) in [5, 5.41) is 8.22. The summed E-state index contributed by atoms with van der Waals surface area (Å²) < 4.78 is 2.10. The number of nitrogens with zero attached hydrogens (tertiary/aromatic N) is 4. The van der Waals surface area contributed by atoms with Gasteiger partial charge in [0, 0.05) is 62.7 Å². The van der Waals surface area contributed by atoms with E-state index in [0.29, 0.717) is 6.42 Å². The molecule has 0 aliphatic carbocycles. The Morgan fingerprint density at radius 1 is 1.27 bits per heavy atom. The number of hydrogen-bond acceptors (Lipinski definition) is 4. The van der Waals surface area contributed by atoms with Crippen molar-refractivity contribution in [1.29, 1.82) is 0 Å². The minimum atomic E-state index is 0.114. The average molecular weight is 355 g/mol. The molecule has 3 rings (SSSR count). The van der Waals surface area contributed by atoms with Crippen molar-refractivity contribution in [3.8, 4) is 0 Å². The number of carbonyl (C=O) groups is 1. The van der Waals surface area contributed by atoms with Crippen LogP contribution in [0.3, 0.4) is 0 Å². The van der Waals surface area contributed by atoms with Crippen LogP contribution in [0.25, 0.3) is 0 Å². The zero-order valence-electron chi connectivity index (χ0n) is 16.2. The Balaban J connectivity index is 1.66. The molecular formula is C20H29N5O. The number of hydrogen-bond donors (Lipinski definition) is 1. The lowest BCUT2D eigenvalue weighted by molar-refractivity contribution is -0.127. The molecule has 0 spiro atoms. The molecule has 0 radical (unpaired) electrons. The highest BCUT2D eigenvalue weighted by atomic mass is 16.2. The molecule has 3 heterocycles. The van der Waals surface area contributed by atoms with Gasteiger partial charge < -0.3 is 10.2 Å². The molecular weight excluding hydrogens is 326 g/mol. The predicted molar refractivity (Wildman–Crippen MR) is 102 cm³/mol. The number of aryl methyl sites for hydroxylation is 2. The van der Waals surface area contributed by atoms with E-state index < -0.39 is 0 Å². The summed E-state index contributed by atoms with van der Waals surface area (Å²) in [6, 6.07) is 4.13. The van der Waals surface area contributed by atoms with E-state index in [4.69, 9.17) is 0 Å². The molecule has 0 bridgehead atoms. The maximum atomic E-state index is 12.3. The second kappa shape index (κ2) is 7.99. The zero-order chi connectivity index (χ0) is 18.7. The van der Waals surface area contributed by atoms with Crippen LogP contribution >= 0.6 is 0 Å². The maximum absolute atomic E-state index is 12.3. The van der Waals surface area contributed by atoms with Gasteiger partial charge in [0.25, 0.3) is 0 Å². The lowest BCUT2D eigenvalue weighted by atomic mass is 9.94. The monoisotopic (exact) mass is 355 g/mol.